The molecule has 0 atom stereocenters. The van der Waals surface area contributed by atoms with Gasteiger partial charge in [0.2, 0.25) is 0 Å². The number of aryl methyl sites for hydroxylation is 2. The Bertz CT molecular complexity index is 734. The Morgan fingerprint density at radius 1 is 0.714 bits per heavy atom. The van der Waals surface area contributed by atoms with E-state index in [2.05, 4.69) is 62.6 Å². The van der Waals surface area contributed by atoms with E-state index in [-0.39, 0.29) is 0 Å². The van der Waals surface area contributed by atoms with E-state index in [9.17, 15) is 0 Å². The van der Waals surface area contributed by atoms with E-state index in [0.29, 0.717) is 0 Å². The average Bonchev–Trinajstić information content (AvgIpc) is 2.65. The summed E-state index contributed by atoms with van der Waals surface area (Å²) in [6, 6.07) is 9.36. The molecular formula is C24H34N2S2. The quantitative estimate of drug-likeness (QED) is 0.342. The summed E-state index contributed by atoms with van der Waals surface area (Å²) in [7, 11) is 0. The van der Waals surface area contributed by atoms with Gasteiger partial charge in [-0.15, -0.1) is 23.5 Å². The third-order valence-corrected chi connectivity index (χ3v) is 7.33. The maximum atomic E-state index is 3.80. The van der Waals surface area contributed by atoms with Gasteiger partial charge in [-0.1, -0.05) is 38.8 Å². The minimum absolute atomic E-state index is 0.878. The van der Waals surface area contributed by atoms with Crippen LogP contribution in [0.15, 0.2) is 34.1 Å². The van der Waals surface area contributed by atoms with Crippen LogP contribution in [0.2, 0.25) is 0 Å². The largest absolute Gasteiger partial charge is 0.380 e. The second kappa shape index (κ2) is 10.5. The van der Waals surface area contributed by atoms with Crippen LogP contribution in [-0.4, -0.2) is 11.5 Å². The van der Waals surface area contributed by atoms with E-state index in [1.165, 1.54) is 80.6 Å². The van der Waals surface area contributed by atoms with Crippen LogP contribution in [0.1, 0.15) is 61.8 Å². The first-order chi connectivity index (χ1) is 13.6. The van der Waals surface area contributed by atoms with Crippen LogP contribution in [0.25, 0.3) is 0 Å². The van der Waals surface area contributed by atoms with Gasteiger partial charge in [0, 0.05) is 22.9 Å². The first kappa shape index (κ1) is 21.4. The van der Waals surface area contributed by atoms with Gasteiger partial charge in [0.25, 0.3) is 0 Å². The minimum Gasteiger partial charge on any atom is -0.380 e. The maximum Gasteiger partial charge on any atom is 0.0531 e. The highest BCUT2D eigenvalue weighted by atomic mass is 32.2. The van der Waals surface area contributed by atoms with Crippen molar-refractivity contribution >= 4 is 34.9 Å². The van der Waals surface area contributed by atoms with Gasteiger partial charge < -0.3 is 10.6 Å². The van der Waals surface area contributed by atoms with Crippen molar-refractivity contribution in [1.82, 2.24) is 0 Å². The van der Waals surface area contributed by atoms with Crippen molar-refractivity contribution in [1.29, 1.82) is 0 Å². The van der Waals surface area contributed by atoms with Crippen LogP contribution in [0, 0.1) is 13.8 Å². The molecule has 0 spiro atoms. The second-order valence-electron chi connectivity index (χ2n) is 7.71. The topological polar surface area (TPSA) is 24.1 Å². The van der Waals surface area contributed by atoms with Gasteiger partial charge in [-0.05, 0) is 72.6 Å². The maximum absolute atomic E-state index is 3.80. The van der Waals surface area contributed by atoms with Crippen molar-refractivity contribution < 1.29 is 0 Å². The Morgan fingerprint density at radius 3 is 1.54 bits per heavy atom. The van der Waals surface area contributed by atoms with Gasteiger partial charge in [0.15, 0.2) is 0 Å². The highest BCUT2D eigenvalue weighted by Gasteiger charge is 2.17. The van der Waals surface area contributed by atoms with Gasteiger partial charge in [-0.25, -0.2) is 0 Å². The molecule has 2 N–H and O–H groups in total. The number of nitrogens with one attached hydrogen (secondary N) is 2. The van der Waals surface area contributed by atoms with Gasteiger partial charge in [0.05, 0.1) is 11.4 Å². The fourth-order valence-corrected chi connectivity index (χ4v) is 6.12. The Hall–Kier alpha value is -1.26. The van der Waals surface area contributed by atoms with E-state index in [1.54, 1.807) is 0 Å². The first-order valence-electron chi connectivity index (χ1n) is 10.6. The molecule has 28 heavy (non-hydrogen) atoms. The van der Waals surface area contributed by atoms with Crippen LogP contribution in [0.4, 0.5) is 11.4 Å². The van der Waals surface area contributed by atoms with Gasteiger partial charge in [-0.3, -0.25) is 0 Å². The Morgan fingerprint density at radius 2 is 1.14 bits per heavy atom. The predicted octanol–water partition coefficient (Wildman–Crippen LogP) is 7.63. The van der Waals surface area contributed by atoms with Crippen molar-refractivity contribution in [2.75, 3.05) is 22.1 Å². The minimum atomic E-state index is 0.878. The van der Waals surface area contributed by atoms with E-state index >= 15 is 0 Å². The molecule has 2 aromatic carbocycles. The third kappa shape index (κ3) is 5.42. The molecule has 4 heteroatoms. The summed E-state index contributed by atoms with van der Waals surface area (Å²) in [5.41, 5.74) is 8.12. The number of rotatable bonds is 8. The Labute approximate surface area is 179 Å². The second-order valence-corrected chi connectivity index (χ2v) is 9.98. The zero-order valence-corrected chi connectivity index (χ0v) is 19.4. The standard InChI is InChI=1S/C24H34N2S2/c1-5-7-9-27-21-13-17(3)11-19-15-26-24-20(16-25-23(19)21)12-18(4)14-22(24)28-10-8-6-2/h11-14,25-26H,5-10,15-16H2,1-4H3. The molecule has 1 heterocycles. The van der Waals surface area contributed by atoms with E-state index in [0.717, 1.165) is 13.1 Å². The number of thioether (sulfide) groups is 2. The molecule has 3 rings (SSSR count). The fraction of sp³-hybridized carbons (Fsp3) is 0.500. The summed E-state index contributed by atoms with van der Waals surface area (Å²) in [6.07, 6.45) is 5.04. The molecule has 152 valence electrons. The summed E-state index contributed by atoms with van der Waals surface area (Å²) in [6.45, 7) is 10.7. The number of benzene rings is 2. The van der Waals surface area contributed by atoms with Crippen LogP contribution in [-0.2, 0) is 13.1 Å². The summed E-state index contributed by atoms with van der Waals surface area (Å²) in [5.74, 6) is 2.38. The van der Waals surface area contributed by atoms with Crippen molar-refractivity contribution in [3.8, 4) is 0 Å². The third-order valence-electron chi connectivity index (χ3n) is 5.08. The van der Waals surface area contributed by atoms with Crippen molar-refractivity contribution in [2.45, 2.75) is 76.3 Å². The van der Waals surface area contributed by atoms with Gasteiger partial charge >= 0.3 is 0 Å². The molecule has 1 aliphatic rings. The SMILES string of the molecule is CCCCSc1cc(C)cc2c1NCc1cc(C)cc(SCCCC)c1NC2. The van der Waals surface area contributed by atoms with Gasteiger partial charge in [-0.2, -0.15) is 0 Å². The number of hydrogen-bond donors (Lipinski definition) is 2. The molecule has 0 unspecified atom stereocenters. The van der Waals surface area contributed by atoms with E-state index in [4.69, 9.17) is 0 Å². The van der Waals surface area contributed by atoms with Crippen LogP contribution < -0.4 is 10.6 Å². The lowest BCUT2D eigenvalue weighted by Crippen LogP contribution is -2.14. The number of fused-ring (bicyclic) bond motifs is 2. The number of hydrogen-bond acceptors (Lipinski definition) is 4. The van der Waals surface area contributed by atoms with E-state index < -0.39 is 0 Å². The zero-order chi connectivity index (χ0) is 19.9. The highest BCUT2D eigenvalue weighted by Crippen LogP contribution is 2.38. The summed E-state index contributed by atoms with van der Waals surface area (Å²) in [5, 5.41) is 7.59. The van der Waals surface area contributed by atoms with Crippen molar-refractivity contribution in [3.05, 3.63) is 46.5 Å². The zero-order valence-electron chi connectivity index (χ0n) is 17.8. The van der Waals surface area contributed by atoms with Crippen LogP contribution >= 0.6 is 23.5 Å². The lowest BCUT2D eigenvalue weighted by molar-refractivity contribution is 0.895. The van der Waals surface area contributed by atoms with Gasteiger partial charge in [0.1, 0.15) is 0 Å². The first-order valence-corrected chi connectivity index (χ1v) is 12.6. The van der Waals surface area contributed by atoms with Crippen LogP contribution in [0.5, 0.6) is 0 Å². The summed E-state index contributed by atoms with van der Waals surface area (Å²) >= 11 is 3.99. The molecule has 0 bridgehead atoms. The molecule has 0 radical (unpaired) electrons. The lowest BCUT2D eigenvalue weighted by atomic mass is 10.0. The monoisotopic (exact) mass is 414 g/mol. The molecule has 2 aromatic rings. The van der Waals surface area contributed by atoms with Crippen molar-refractivity contribution in [3.63, 3.8) is 0 Å². The molecule has 1 aliphatic heterocycles. The lowest BCUT2D eigenvalue weighted by Gasteiger charge is -2.25. The smallest absolute Gasteiger partial charge is 0.0531 e. The number of unbranched alkanes of at least 4 members (excludes halogenated alkanes) is 2. The van der Waals surface area contributed by atoms with E-state index in [1.807, 2.05) is 23.5 Å². The Balaban J connectivity index is 1.87. The molecule has 0 aromatic heterocycles. The molecule has 0 saturated carbocycles. The highest BCUT2D eigenvalue weighted by molar-refractivity contribution is 7.99. The predicted molar refractivity (Wildman–Crippen MR) is 128 cm³/mol. The normalized spacial score (nSPS) is 13.0. The summed E-state index contributed by atoms with van der Waals surface area (Å²) < 4.78 is 0. The molecule has 0 amide bonds. The molecule has 0 saturated heterocycles. The molecule has 0 fully saturated rings. The number of anilines is 2. The summed E-state index contributed by atoms with van der Waals surface area (Å²) in [4.78, 5) is 2.80. The fourth-order valence-electron chi connectivity index (χ4n) is 3.58. The Kier molecular flexibility index (Phi) is 8.04. The van der Waals surface area contributed by atoms with Crippen LogP contribution in [0.3, 0.4) is 0 Å². The molecule has 0 aliphatic carbocycles. The van der Waals surface area contributed by atoms with Crippen molar-refractivity contribution in [2.24, 2.45) is 0 Å². The average molecular weight is 415 g/mol. The molecule has 2 nitrogen and oxygen atoms in total. The molecular weight excluding hydrogens is 380 g/mol.